The molecule has 0 aliphatic carbocycles. The fourth-order valence-corrected chi connectivity index (χ4v) is 0.603. The number of Topliss-reactive ketones (excluding diaryl/α,β-unsaturated/α-hetero) is 2. The van der Waals surface area contributed by atoms with E-state index >= 15 is 0 Å². The zero-order valence-corrected chi connectivity index (χ0v) is 8.13. The maximum absolute atomic E-state index is 10.8. The van der Waals surface area contributed by atoms with Crippen LogP contribution in [0.2, 0.25) is 0 Å². The molecule has 0 radical (unpaired) electrons. The lowest BCUT2D eigenvalue weighted by Gasteiger charge is -1.93. The van der Waals surface area contributed by atoms with Gasteiger partial charge in [0.05, 0.1) is 0 Å². The minimum atomic E-state index is -0.164. The Kier molecular flexibility index (Phi) is 4.59. The van der Waals surface area contributed by atoms with Crippen LogP contribution in [0.25, 0.3) is 0 Å². The molecule has 0 amide bonds. The molecule has 0 saturated heterocycles. The Morgan fingerprint density at radius 1 is 1.08 bits per heavy atom. The fraction of sp³-hybridized carbons (Fsp3) is 0.300. The third-order valence-corrected chi connectivity index (χ3v) is 1.58. The summed E-state index contributed by atoms with van der Waals surface area (Å²) in [5.41, 5.74) is 0.850. The molecule has 0 aromatic carbocycles. The molecule has 0 aromatic rings. The van der Waals surface area contributed by atoms with Crippen molar-refractivity contribution in [2.24, 2.45) is 4.99 Å². The first-order valence-corrected chi connectivity index (χ1v) is 3.86. The smallest absolute Gasteiger partial charge is 0.178 e. The van der Waals surface area contributed by atoms with Crippen molar-refractivity contribution in [1.29, 1.82) is 0 Å². The van der Waals surface area contributed by atoms with Gasteiger partial charge in [0.2, 0.25) is 0 Å². The molecule has 0 bridgehead atoms. The van der Waals surface area contributed by atoms with Crippen molar-refractivity contribution in [3.05, 3.63) is 23.4 Å². The Morgan fingerprint density at radius 3 is 1.92 bits per heavy atom. The predicted molar refractivity (Wildman–Crippen MR) is 52.8 cm³/mol. The quantitative estimate of drug-likeness (QED) is 0.374. The van der Waals surface area contributed by atoms with Gasteiger partial charge in [0, 0.05) is 6.92 Å². The molecule has 3 nitrogen and oxygen atoms in total. The monoisotopic (exact) mass is 179 g/mol. The summed E-state index contributed by atoms with van der Waals surface area (Å²) in [7, 11) is 0. The van der Waals surface area contributed by atoms with Crippen LogP contribution in [0.3, 0.4) is 0 Å². The number of carbonyl (C=O) groups excluding carboxylic acids is 2. The van der Waals surface area contributed by atoms with E-state index in [1.807, 2.05) is 0 Å². The Morgan fingerprint density at radius 2 is 1.62 bits per heavy atom. The topological polar surface area (TPSA) is 46.5 Å². The zero-order chi connectivity index (χ0) is 10.4. The Bertz CT molecular complexity index is 298. The van der Waals surface area contributed by atoms with Gasteiger partial charge in [-0.2, -0.15) is 0 Å². The van der Waals surface area contributed by atoms with Gasteiger partial charge < -0.3 is 0 Å². The average Bonchev–Trinajstić information content (AvgIpc) is 2.04. The van der Waals surface area contributed by atoms with Gasteiger partial charge in [-0.25, -0.2) is 0 Å². The van der Waals surface area contributed by atoms with E-state index in [0.717, 1.165) is 0 Å². The SMILES string of the molecule is C=N/C(=C\C=C(/C)C(C)=O)C(C)=O. The van der Waals surface area contributed by atoms with Crippen molar-refractivity contribution < 1.29 is 9.59 Å². The van der Waals surface area contributed by atoms with Crippen LogP contribution in [-0.2, 0) is 9.59 Å². The molecule has 0 heterocycles. The second-order valence-electron chi connectivity index (χ2n) is 2.67. The van der Waals surface area contributed by atoms with Gasteiger partial charge in [-0.05, 0) is 32.2 Å². The summed E-state index contributed by atoms with van der Waals surface area (Å²) in [6, 6.07) is 0. The number of hydrogen-bond acceptors (Lipinski definition) is 3. The van der Waals surface area contributed by atoms with Gasteiger partial charge >= 0.3 is 0 Å². The number of rotatable bonds is 4. The number of hydrogen-bond donors (Lipinski definition) is 0. The van der Waals surface area contributed by atoms with Crippen molar-refractivity contribution in [3.63, 3.8) is 0 Å². The van der Waals surface area contributed by atoms with Crippen LogP contribution < -0.4 is 0 Å². The molecule has 70 valence electrons. The summed E-state index contributed by atoms with van der Waals surface area (Å²) in [6.07, 6.45) is 3.06. The number of carbonyl (C=O) groups is 2. The Hall–Kier alpha value is -1.51. The lowest BCUT2D eigenvalue weighted by Crippen LogP contribution is -1.94. The summed E-state index contributed by atoms with van der Waals surface area (Å²) >= 11 is 0. The minimum absolute atomic E-state index is 0.0248. The third kappa shape index (κ3) is 4.15. The third-order valence-electron chi connectivity index (χ3n) is 1.58. The molecule has 0 unspecified atom stereocenters. The molecule has 13 heavy (non-hydrogen) atoms. The van der Waals surface area contributed by atoms with Crippen molar-refractivity contribution in [3.8, 4) is 0 Å². The van der Waals surface area contributed by atoms with E-state index in [0.29, 0.717) is 5.57 Å². The maximum Gasteiger partial charge on any atom is 0.178 e. The Labute approximate surface area is 77.9 Å². The molecule has 3 heteroatoms. The highest BCUT2D eigenvalue weighted by Gasteiger charge is 1.98. The van der Waals surface area contributed by atoms with Gasteiger partial charge in [-0.1, -0.05) is 6.08 Å². The van der Waals surface area contributed by atoms with Crippen LogP contribution in [-0.4, -0.2) is 18.3 Å². The largest absolute Gasteiger partial charge is 0.295 e. The van der Waals surface area contributed by atoms with E-state index in [2.05, 4.69) is 11.7 Å². The van der Waals surface area contributed by atoms with Crippen molar-refractivity contribution in [2.45, 2.75) is 20.8 Å². The summed E-state index contributed by atoms with van der Waals surface area (Å²) in [4.78, 5) is 25.2. The maximum atomic E-state index is 10.8. The Balaban J connectivity index is 4.74. The first-order chi connectivity index (χ1) is 5.99. The van der Waals surface area contributed by atoms with Crippen LogP contribution in [0.15, 0.2) is 28.4 Å². The van der Waals surface area contributed by atoms with Crippen molar-refractivity contribution in [1.82, 2.24) is 0 Å². The molecular formula is C10H13NO2. The number of aliphatic imine (C=N–C) groups is 1. The second-order valence-corrected chi connectivity index (χ2v) is 2.67. The van der Waals surface area contributed by atoms with Crippen molar-refractivity contribution in [2.75, 3.05) is 0 Å². The number of ketones is 2. The van der Waals surface area contributed by atoms with Crippen LogP contribution in [0.5, 0.6) is 0 Å². The summed E-state index contributed by atoms with van der Waals surface area (Å²) in [5, 5.41) is 0. The molecule has 0 rings (SSSR count). The molecule has 0 aromatic heterocycles. The van der Waals surface area contributed by atoms with Gasteiger partial charge in [-0.3, -0.25) is 14.6 Å². The first kappa shape index (κ1) is 11.5. The molecule has 0 aliphatic heterocycles. The van der Waals surface area contributed by atoms with Crippen LogP contribution in [0, 0.1) is 0 Å². The van der Waals surface area contributed by atoms with Gasteiger partial charge in [0.25, 0.3) is 0 Å². The molecule has 0 saturated carbocycles. The average molecular weight is 179 g/mol. The fourth-order valence-electron chi connectivity index (χ4n) is 0.603. The van der Waals surface area contributed by atoms with E-state index in [1.54, 1.807) is 13.0 Å². The number of nitrogens with zero attached hydrogens (tertiary/aromatic N) is 1. The summed E-state index contributed by atoms with van der Waals surface area (Å²) in [5.74, 6) is -0.189. The van der Waals surface area contributed by atoms with Crippen LogP contribution in [0.1, 0.15) is 20.8 Å². The van der Waals surface area contributed by atoms with Crippen LogP contribution >= 0.6 is 0 Å². The second kappa shape index (κ2) is 5.19. The first-order valence-electron chi connectivity index (χ1n) is 3.86. The standard InChI is InChI=1S/C10H13NO2/c1-7(8(2)12)5-6-10(11-4)9(3)13/h5-6H,4H2,1-3H3/b7-5+,10-6-. The van der Waals surface area contributed by atoms with Crippen LogP contribution in [0.4, 0.5) is 0 Å². The molecule has 0 fully saturated rings. The van der Waals surface area contributed by atoms with Gasteiger partial charge in [0.15, 0.2) is 11.6 Å². The minimum Gasteiger partial charge on any atom is -0.295 e. The van der Waals surface area contributed by atoms with E-state index in [9.17, 15) is 9.59 Å². The molecule has 0 atom stereocenters. The summed E-state index contributed by atoms with van der Waals surface area (Å²) < 4.78 is 0. The van der Waals surface area contributed by atoms with Gasteiger partial charge in [0.1, 0.15) is 5.70 Å². The van der Waals surface area contributed by atoms with Crippen molar-refractivity contribution >= 4 is 18.3 Å². The highest BCUT2D eigenvalue weighted by atomic mass is 16.1. The highest BCUT2D eigenvalue weighted by molar-refractivity contribution is 5.95. The molecule has 0 aliphatic rings. The summed E-state index contributed by atoms with van der Waals surface area (Å²) in [6.45, 7) is 7.80. The van der Waals surface area contributed by atoms with E-state index in [-0.39, 0.29) is 17.3 Å². The van der Waals surface area contributed by atoms with E-state index in [4.69, 9.17) is 0 Å². The normalized spacial score (nSPS) is 12.5. The predicted octanol–water partition coefficient (Wildman–Crippen LogP) is 1.70. The van der Waals surface area contributed by atoms with E-state index < -0.39 is 0 Å². The molecular weight excluding hydrogens is 166 g/mol. The lowest BCUT2D eigenvalue weighted by molar-refractivity contribution is -0.114. The highest BCUT2D eigenvalue weighted by Crippen LogP contribution is 2.01. The van der Waals surface area contributed by atoms with E-state index in [1.165, 1.54) is 19.9 Å². The zero-order valence-electron chi connectivity index (χ0n) is 8.13. The molecule has 0 spiro atoms. The lowest BCUT2D eigenvalue weighted by atomic mass is 10.2. The molecule has 0 N–H and O–H groups in total. The number of allylic oxidation sites excluding steroid dienone is 4. The van der Waals surface area contributed by atoms with Gasteiger partial charge in [-0.15, -0.1) is 0 Å².